The number of nitrogens with zero attached hydrogens (tertiary/aromatic N) is 1. The Kier molecular flexibility index (Phi) is 6.18. The molecule has 2 N–H and O–H groups in total. The van der Waals surface area contributed by atoms with Crippen LogP contribution < -0.4 is 15.5 Å². The first-order chi connectivity index (χ1) is 11.5. The molecule has 1 amide bonds. The summed E-state index contributed by atoms with van der Waals surface area (Å²) in [6.45, 7) is 8.23. The molecule has 0 fully saturated rings. The summed E-state index contributed by atoms with van der Waals surface area (Å²) in [5.74, 6) is 0.962. The Morgan fingerprint density at radius 3 is 2.96 bits per heavy atom. The lowest BCUT2D eigenvalue weighted by atomic mass is 9.85. The molecule has 0 aliphatic heterocycles. The summed E-state index contributed by atoms with van der Waals surface area (Å²) in [7, 11) is 1.61. The molecule has 1 aromatic rings. The number of methoxy groups -OCH3 is 1. The molecule has 0 heterocycles. The number of benzene rings is 1. The quantitative estimate of drug-likeness (QED) is 0.621. The van der Waals surface area contributed by atoms with Crippen LogP contribution in [0.3, 0.4) is 0 Å². The van der Waals surface area contributed by atoms with Crippen LogP contribution in [0.2, 0.25) is 0 Å². The van der Waals surface area contributed by atoms with Crippen molar-refractivity contribution in [2.75, 3.05) is 19.0 Å². The number of ether oxygens (including phenoxy) is 1. The van der Waals surface area contributed by atoms with Crippen molar-refractivity contribution in [3.05, 3.63) is 48.1 Å². The fourth-order valence-corrected chi connectivity index (χ4v) is 2.51. The van der Waals surface area contributed by atoms with E-state index in [-0.39, 0.29) is 12.5 Å². The van der Waals surface area contributed by atoms with E-state index in [1.54, 1.807) is 7.11 Å². The fraction of sp³-hybridized carbons (Fsp3) is 0.368. The number of amides is 1. The molecule has 1 atom stereocenters. The molecule has 0 saturated carbocycles. The number of allylic oxidation sites excluding steroid dienone is 3. The van der Waals surface area contributed by atoms with E-state index in [2.05, 4.69) is 28.5 Å². The third kappa shape index (κ3) is 4.98. The van der Waals surface area contributed by atoms with Gasteiger partial charge in [0.1, 0.15) is 5.75 Å². The maximum atomic E-state index is 12.0. The molecule has 1 aliphatic carbocycles. The maximum absolute atomic E-state index is 12.0. The third-order valence-corrected chi connectivity index (χ3v) is 4.14. The number of carbonyl (C=O) groups is 1. The van der Waals surface area contributed by atoms with Gasteiger partial charge in [-0.25, -0.2) is 5.43 Å². The second-order valence-corrected chi connectivity index (χ2v) is 6.05. The molecular weight excluding hydrogens is 302 g/mol. The average Bonchev–Trinajstić information content (AvgIpc) is 2.59. The van der Waals surface area contributed by atoms with Crippen molar-refractivity contribution in [3.63, 3.8) is 0 Å². The molecule has 1 aromatic carbocycles. The highest BCUT2D eigenvalue weighted by Gasteiger charge is 2.18. The van der Waals surface area contributed by atoms with Crippen LogP contribution in [0.25, 0.3) is 0 Å². The van der Waals surface area contributed by atoms with Crippen molar-refractivity contribution in [1.29, 1.82) is 0 Å². The monoisotopic (exact) mass is 327 g/mol. The van der Waals surface area contributed by atoms with Gasteiger partial charge in [0.2, 0.25) is 0 Å². The first kappa shape index (κ1) is 17.8. The average molecular weight is 327 g/mol. The molecule has 1 aliphatic rings. The van der Waals surface area contributed by atoms with Gasteiger partial charge in [-0.2, -0.15) is 5.10 Å². The van der Waals surface area contributed by atoms with E-state index in [4.69, 9.17) is 4.74 Å². The van der Waals surface area contributed by atoms with E-state index in [0.29, 0.717) is 5.92 Å². The van der Waals surface area contributed by atoms with Crippen LogP contribution in [-0.2, 0) is 4.79 Å². The minimum Gasteiger partial charge on any atom is -0.497 e. The van der Waals surface area contributed by atoms with Gasteiger partial charge in [0, 0.05) is 11.8 Å². The number of hydrogen-bond acceptors (Lipinski definition) is 4. The highest BCUT2D eigenvalue weighted by molar-refractivity contribution is 6.01. The lowest BCUT2D eigenvalue weighted by Crippen LogP contribution is -2.28. The molecule has 128 valence electrons. The topological polar surface area (TPSA) is 62.7 Å². The van der Waals surface area contributed by atoms with E-state index >= 15 is 0 Å². The summed E-state index contributed by atoms with van der Waals surface area (Å²) in [6.07, 6.45) is 3.97. The standard InChI is InChI=1S/C19H25N3O2/c1-13(2)15-9-8-14(3)18(10-15)21-22-19(23)12-20-16-6-5-7-17(11-16)24-4/h5-8,11,15,20H,1,9-10,12H2,2-4H3,(H,22,23)/b21-18-/t15-/m0/s1. The van der Waals surface area contributed by atoms with E-state index in [1.165, 1.54) is 0 Å². The summed E-state index contributed by atoms with van der Waals surface area (Å²) in [4.78, 5) is 12.0. The first-order valence-corrected chi connectivity index (χ1v) is 8.05. The Labute approximate surface area is 143 Å². The van der Waals surface area contributed by atoms with Crippen molar-refractivity contribution in [3.8, 4) is 5.75 Å². The predicted octanol–water partition coefficient (Wildman–Crippen LogP) is 3.51. The van der Waals surface area contributed by atoms with Crippen molar-refractivity contribution < 1.29 is 9.53 Å². The van der Waals surface area contributed by atoms with Crippen molar-refractivity contribution in [2.24, 2.45) is 11.0 Å². The molecule has 0 aromatic heterocycles. The Morgan fingerprint density at radius 1 is 1.46 bits per heavy atom. The second kappa shape index (κ2) is 8.34. The summed E-state index contributed by atoms with van der Waals surface area (Å²) < 4.78 is 5.15. The Balaban J connectivity index is 1.88. The Bertz CT molecular complexity index is 677. The van der Waals surface area contributed by atoms with Crippen LogP contribution in [0.15, 0.2) is 53.2 Å². The van der Waals surface area contributed by atoms with Crippen LogP contribution in [0.1, 0.15) is 26.7 Å². The summed E-state index contributed by atoms with van der Waals surface area (Å²) in [5.41, 5.74) is 6.64. The van der Waals surface area contributed by atoms with Gasteiger partial charge >= 0.3 is 0 Å². The zero-order valence-electron chi connectivity index (χ0n) is 14.6. The van der Waals surface area contributed by atoms with Crippen LogP contribution in [0.4, 0.5) is 5.69 Å². The zero-order valence-corrected chi connectivity index (χ0v) is 14.6. The molecule has 0 saturated heterocycles. The highest BCUT2D eigenvalue weighted by atomic mass is 16.5. The lowest BCUT2D eigenvalue weighted by molar-refractivity contribution is -0.119. The largest absolute Gasteiger partial charge is 0.497 e. The van der Waals surface area contributed by atoms with Crippen LogP contribution >= 0.6 is 0 Å². The Hall–Kier alpha value is -2.56. The van der Waals surface area contributed by atoms with Crippen LogP contribution in [0, 0.1) is 5.92 Å². The van der Waals surface area contributed by atoms with Crippen LogP contribution in [-0.4, -0.2) is 25.3 Å². The van der Waals surface area contributed by atoms with Gasteiger partial charge in [-0.05, 0) is 50.3 Å². The number of anilines is 1. The van der Waals surface area contributed by atoms with E-state index in [9.17, 15) is 4.79 Å². The lowest BCUT2D eigenvalue weighted by Gasteiger charge is -2.22. The van der Waals surface area contributed by atoms with Crippen LogP contribution in [0.5, 0.6) is 5.75 Å². The van der Waals surface area contributed by atoms with Gasteiger partial charge in [0.05, 0.1) is 19.4 Å². The molecule has 0 radical (unpaired) electrons. The predicted molar refractivity (Wildman–Crippen MR) is 98.4 cm³/mol. The molecule has 5 heteroatoms. The van der Waals surface area contributed by atoms with Crippen molar-refractivity contribution in [2.45, 2.75) is 26.7 Å². The molecule has 5 nitrogen and oxygen atoms in total. The normalized spacial score (nSPS) is 18.7. The molecular formula is C19H25N3O2. The Morgan fingerprint density at radius 2 is 2.25 bits per heavy atom. The van der Waals surface area contributed by atoms with Gasteiger partial charge in [0.25, 0.3) is 5.91 Å². The number of nitrogens with one attached hydrogen (secondary N) is 2. The van der Waals surface area contributed by atoms with Gasteiger partial charge in [-0.15, -0.1) is 0 Å². The zero-order chi connectivity index (χ0) is 17.5. The van der Waals surface area contributed by atoms with Crippen molar-refractivity contribution in [1.82, 2.24) is 5.43 Å². The molecule has 24 heavy (non-hydrogen) atoms. The fourth-order valence-electron chi connectivity index (χ4n) is 2.51. The van der Waals surface area contributed by atoms with Gasteiger partial charge in [-0.1, -0.05) is 24.3 Å². The number of hydrogen-bond donors (Lipinski definition) is 2. The maximum Gasteiger partial charge on any atom is 0.259 e. The summed E-state index contributed by atoms with van der Waals surface area (Å²) in [5, 5.41) is 7.34. The van der Waals surface area contributed by atoms with E-state index in [1.807, 2.05) is 38.1 Å². The highest BCUT2D eigenvalue weighted by Crippen LogP contribution is 2.26. The third-order valence-electron chi connectivity index (χ3n) is 4.14. The first-order valence-electron chi connectivity index (χ1n) is 8.05. The van der Waals surface area contributed by atoms with Gasteiger partial charge in [-0.3, -0.25) is 4.79 Å². The number of rotatable bonds is 6. The van der Waals surface area contributed by atoms with Gasteiger partial charge in [0.15, 0.2) is 0 Å². The number of carbonyl (C=O) groups excluding carboxylic acids is 1. The molecule has 2 rings (SSSR count). The molecule has 0 unspecified atom stereocenters. The van der Waals surface area contributed by atoms with Gasteiger partial charge < -0.3 is 10.1 Å². The minimum atomic E-state index is -0.185. The molecule has 0 spiro atoms. The second-order valence-electron chi connectivity index (χ2n) is 6.05. The smallest absolute Gasteiger partial charge is 0.259 e. The SMILES string of the molecule is C=C(C)[C@H]1CC=C(C)/C(=N\NC(=O)CNc2cccc(OC)c2)C1. The number of hydrazone groups is 1. The minimum absolute atomic E-state index is 0.149. The van der Waals surface area contributed by atoms with Crippen molar-refractivity contribution >= 4 is 17.3 Å². The summed E-state index contributed by atoms with van der Waals surface area (Å²) >= 11 is 0. The van der Waals surface area contributed by atoms with E-state index < -0.39 is 0 Å². The molecule has 0 bridgehead atoms. The summed E-state index contributed by atoms with van der Waals surface area (Å²) in [6, 6.07) is 7.44. The van der Waals surface area contributed by atoms with E-state index in [0.717, 1.165) is 41.1 Å².